The first-order chi connectivity index (χ1) is 9.06. The standard InChI is InChI=1S/C14H19N3S2/c1-9(2)11-4-6-12(7-5-11)13(15)8-18-14-17-16-10(3)19-14/h4-7,9,13H,8,15H2,1-3H3. The molecule has 0 aliphatic carbocycles. The molecule has 5 heteroatoms. The molecule has 1 aromatic heterocycles. The number of nitrogens with two attached hydrogens (primary N) is 1. The lowest BCUT2D eigenvalue weighted by atomic mass is 10.00. The highest BCUT2D eigenvalue weighted by molar-refractivity contribution is 8.01. The second-order valence-corrected chi connectivity index (χ2v) is 7.27. The minimum atomic E-state index is 0.0374. The van der Waals surface area contributed by atoms with Crippen molar-refractivity contribution in [3.63, 3.8) is 0 Å². The van der Waals surface area contributed by atoms with E-state index in [1.165, 1.54) is 11.1 Å². The first kappa shape index (κ1) is 14.5. The maximum Gasteiger partial charge on any atom is 0.174 e. The molecule has 0 aliphatic rings. The van der Waals surface area contributed by atoms with Crippen LogP contribution < -0.4 is 5.73 Å². The van der Waals surface area contributed by atoms with Gasteiger partial charge in [0, 0.05) is 11.8 Å². The van der Waals surface area contributed by atoms with Gasteiger partial charge in [0.1, 0.15) is 5.01 Å². The Balaban J connectivity index is 1.94. The van der Waals surface area contributed by atoms with Gasteiger partial charge in [0.2, 0.25) is 0 Å². The molecule has 19 heavy (non-hydrogen) atoms. The Morgan fingerprint density at radius 1 is 1.16 bits per heavy atom. The van der Waals surface area contributed by atoms with Crippen LogP contribution in [0.25, 0.3) is 0 Å². The van der Waals surface area contributed by atoms with Crippen molar-refractivity contribution in [1.29, 1.82) is 0 Å². The van der Waals surface area contributed by atoms with E-state index in [4.69, 9.17) is 5.73 Å². The average Bonchev–Trinajstić information content (AvgIpc) is 2.82. The predicted octanol–water partition coefficient (Wildman–Crippen LogP) is 3.76. The topological polar surface area (TPSA) is 51.8 Å². The van der Waals surface area contributed by atoms with Crippen molar-refractivity contribution in [2.75, 3.05) is 5.75 Å². The van der Waals surface area contributed by atoms with Crippen LogP contribution in [-0.2, 0) is 0 Å². The minimum absolute atomic E-state index is 0.0374. The Morgan fingerprint density at radius 3 is 2.32 bits per heavy atom. The van der Waals surface area contributed by atoms with Crippen LogP contribution in [0.15, 0.2) is 28.6 Å². The van der Waals surface area contributed by atoms with Crippen LogP contribution in [0.5, 0.6) is 0 Å². The van der Waals surface area contributed by atoms with Crippen LogP contribution in [0.2, 0.25) is 0 Å². The number of aromatic nitrogens is 2. The van der Waals surface area contributed by atoms with Gasteiger partial charge in [-0.2, -0.15) is 0 Å². The highest BCUT2D eigenvalue weighted by Gasteiger charge is 2.09. The fraction of sp³-hybridized carbons (Fsp3) is 0.429. The zero-order valence-electron chi connectivity index (χ0n) is 11.5. The number of hydrogen-bond donors (Lipinski definition) is 1. The van der Waals surface area contributed by atoms with Gasteiger partial charge >= 0.3 is 0 Å². The molecule has 0 spiro atoms. The second kappa shape index (κ2) is 6.50. The summed E-state index contributed by atoms with van der Waals surface area (Å²) in [5, 5.41) is 9.10. The van der Waals surface area contributed by atoms with Gasteiger partial charge in [-0.3, -0.25) is 0 Å². The molecule has 3 nitrogen and oxygen atoms in total. The summed E-state index contributed by atoms with van der Waals surface area (Å²) in [6.45, 7) is 6.36. The molecule has 1 unspecified atom stereocenters. The maximum absolute atomic E-state index is 6.21. The van der Waals surface area contributed by atoms with Gasteiger partial charge < -0.3 is 5.73 Å². The quantitative estimate of drug-likeness (QED) is 0.853. The lowest BCUT2D eigenvalue weighted by molar-refractivity contribution is 0.821. The van der Waals surface area contributed by atoms with Crippen LogP contribution in [0.3, 0.4) is 0 Å². The Hall–Kier alpha value is -0.910. The van der Waals surface area contributed by atoms with Gasteiger partial charge in [-0.15, -0.1) is 10.2 Å². The third-order valence-corrected chi connectivity index (χ3v) is 5.02. The third-order valence-electron chi connectivity index (χ3n) is 2.93. The summed E-state index contributed by atoms with van der Waals surface area (Å²) in [5.41, 5.74) is 8.74. The largest absolute Gasteiger partial charge is 0.323 e. The van der Waals surface area contributed by atoms with Crippen molar-refractivity contribution >= 4 is 23.1 Å². The second-order valence-electron chi connectivity index (χ2n) is 4.83. The maximum atomic E-state index is 6.21. The van der Waals surface area contributed by atoms with Crippen LogP contribution in [0, 0.1) is 6.92 Å². The first-order valence-electron chi connectivity index (χ1n) is 6.34. The number of benzene rings is 1. The van der Waals surface area contributed by atoms with E-state index in [1.807, 2.05) is 6.92 Å². The molecule has 2 rings (SSSR count). The summed E-state index contributed by atoms with van der Waals surface area (Å²) < 4.78 is 0.992. The van der Waals surface area contributed by atoms with Crippen molar-refractivity contribution in [2.24, 2.45) is 5.73 Å². The van der Waals surface area contributed by atoms with Crippen LogP contribution in [0.4, 0.5) is 0 Å². The average molecular weight is 293 g/mol. The molecule has 1 atom stereocenters. The molecular weight excluding hydrogens is 274 g/mol. The number of hydrogen-bond acceptors (Lipinski definition) is 5. The Kier molecular flexibility index (Phi) is 4.96. The van der Waals surface area contributed by atoms with E-state index >= 15 is 0 Å². The molecule has 0 bridgehead atoms. The van der Waals surface area contributed by atoms with Crippen molar-refractivity contribution in [3.8, 4) is 0 Å². The van der Waals surface area contributed by atoms with E-state index in [0.29, 0.717) is 5.92 Å². The zero-order chi connectivity index (χ0) is 13.8. The molecule has 0 aliphatic heterocycles. The highest BCUT2D eigenvalue weighted by atomic mass is 32.2. The minimum Gasteiger partial charge on any atom is -0.323 e. The fourth-order valence-electron chi connectivity index (χ4n) is 1.72. The number of rotatable bonds is 5. The fourth-order valence-corrected chi connectivity index (χ4v) is 3.55. The molecular formula is C14H19N3S2. The van der Waals surface area contributed by atoms with Gasteiger partial charge in [0.25, 0.3) is 0 Å². The molecule has 0 saturated carbocycles. The summed E-state index contributed by atoms with van der Waals surface area (Å²) in [5.74, 6) is 1.39. The van der Waals surface area contributed by atoms with Crippen molar-refractivity contribution in [1.82, 2.24) is 10.2 Å². The smallest absolute Gasteiger partial charge is 0.174 e. The molecule has 102 valence electrons. The number of aryl methyl sites for hydroxylation is 1. The van der Waals surface area contributed by atoms with Crippen LogP contribution in [0.1, 0.15) is 41.9 Å². The third kappa shape index (κ3) is 4.03. The van der Waals surface area contributed by atoms with Crippen molar-refractivity contribution < 1.29 is 0 Å². The predicted molar refractivity (Wildman–Crippen MR) is 82.8 cm³/mol. The summed E-state index contributed by atoms with van der Waals surface area (Å²) in [6.07, 6.45) is 0. The Morgan fingerprint density at radius 2 is 1.79 bits per heavy atom. The van der Waals surface area contributed by atoms with E-state index in [1.54, 1.807) is 23.1 Å². The van der Waals surface area contributed by atoms with E-state index < -0.39 is 0 Å². The lowest BCUT2D eigenvalue weighted by Crippen LogP contribution is -2.12. The van der Waals surface area contributed by atoms with E-state index in [2.05, 4.69) is 48.3 Å². The van der Waals surface area contributed by atoms with Gasteiger partial charge in [-0.05, 0) is 24.0 Å². The molecule has 1 aromatic carbocycles. The Bertz CT molecular complexity index is 520. The molecule has 1 heterocycles. The highest BCUT2D eigenvalue weighted by Crippen LogP contribution is 2.26. The SMILES string of the molecule is Cc1nnc(SCC(N)c2ccc(C(C)C)cc2)s1. The van der Waals surface area contributed by atoms with Crippen molar-refractivity contribution in [2.45, 2.75) is 37.1 Å². The molecule has 0 radical (unpaired) electrons. The molecule has 0 saturated heterocycles. The molecule has 2 N–H and O–H groups in total. The monoisotopic (exact) mass is 293 g/mol. The summed E-state index contributed by atoms with van der Waals surface area (Å²) >= 11 is 3.29. The van der Waals surface area contributed by atoms with Crippen molar-refractivity contribution in [3.05, 3.63) is 40.4 Å². The molecule has 0 amide bonds. The van der Waals surface area contributed by atoms with Crippen LogP contribution in [-0.4, -0.2) is 16.0 Å². The molecule has 0 fully saturated rings. The first-order valence-corrected chi connectivity index (χ1v) is 8.15. The van der Waals surface area contributed by atoms with Gasteiger partial charge in [-0.1, -0.05) is 61.2 Å². The lowest BCUT2D eigenvalue weighted by Gasteiger charge is -2.12. The van der Waals surface area contributed by atoms with E-state index in [9.17, 15) is 0 Å². The summed E-state index contributed by atoms with van der Waals surface area (Å²) in [6, 6.07) is 8.63. The van der Waals surface area contributed by atoms with Gasteiger partial charge in [-0.25, -0.2) is 0 Å². The number of thioether (sulfide) groups is 1. The van der Waals surface area contributed by atoms with Gasteiger partial charge in [0.05, 0.1) is 0 Å². The van der Waals surface area contributed by atoms with E-state index in [-0.39, 0.29) is 6.04 Å². The number of nitrogens with zero attached hydrogens (tertiary/aromatic N) is 2. The normalized spacial score (nSPS) is 12.9. The zero-order valence-corrected chi connectivity index (χ0v) is 13.1. The Labute approximate surface area is 122 Å². The summed E-state index contributed by atoms with van der Waals surface area (Å²) in [7, 11) is 0. The van der Waals surface area contributed by atoms with Crippen LogP contribution >= 0.6 is 23.1 Å². The van der Waals surface area contributed by atoms with E-state index in [0.717, 1.165) is 15.1 Å². The summed E-state index contributed by atoms with van der Waals surface area (Å²) in [4.78, 5) is 0. The van der Waals surface area contributed by atoms with Gasteiger partial charge in [0.15, 0.2) is 4.34 Å². The molecule has 2 aromatic rings.